The summed E-state index contributed by atoms with van der Waals surface area (Å²) in [5.74, 6) is -1.05. The van der Waals surface area contributed by atoms with Gasteiger partial charge in [-0.05, 0) is 48.2 Å². The molecule has 3 N–H and O–H groups in total. The van der Waals surface area contributed by atoms with Crippen molar-refractivity contribution in [2.45, 2.75) is 6.92 Å². The summed E-state index contributed by atoms with van der Waals surface area (Å²) < 4.78 is 0. The number of hydrogen-bond acceptors (Lipinski definition) is 5. The molecule has 0 aliphatic heterocycles. The highest BCUT2D eigenvalue weighted by molar-refractivity contribution is 7.10. The molecule has 0 aliphatic carbocycles. The fraction of sp³-hybridized carbons (Fsp3) is 0.0455. The predicted molar refractivity (Wildman–Crippen MR) is 120 cm³/mol. The summed E-state index contributed by atoms with van der Waals surface area (Å²) in [5, 5.41) is 18.6. The van der Waals surface area contributed by atoms with Crippen LogP contribution in [0.5, 0.6) is 5.75 Å². The number of hydrogen-bond donors (Lipinski definition) is 3. The fourth-order valence-corrected chi connectivity index (χ4v) is 3.39. The summed E-state index contributed by atoms with van der Waals surface area (Å²) in [6.07, 6.45) is 2.88. The van der Waals surface area contributed by atoms with Gasteiger partial charge in [0.2, 0.25) is 0 Å². The van der Waals surface area contributed by atoms with Gasteiger partial charge in [-0.3, -0.25) is 9.59 Å². The molecule has 2 amide bonds. The third kappa shape index (κ3) is 5.34. The van der Waals surface area contributed by atoms with E-state index in [1.165, 1.54) is 17.6 Å². The topological polar surface area (TPSA) is 90.8 Å². The van der Waals surface area contributed by atoms with Gasteiger partial charge in [-0.15, -0.1) is 11.3 Å². The Balaban J connectivity index is 1.79. The maximum absolute atomic E-state index is 12.7. The number of hydrazone groups is 1. The van der Waals surface area contributed by atoms with E-state index in [0.717, 1.165) is 4.88 Å². The number of para-hydroxylation sites is 1. The minimum atomic E-state index is -0.618. The summed E-state index contributed by atoms with van der Waals surface area (Å²) in [4.78, 5) is 26.0. The molecule has 0 fully saturated rings. The van der Waals surface area contributed by atoms with Crippen LogP contribution in [-0.4, -0.2) is 23.1 Å². The van der Waals surface area contributed by atoms with E-state index in [-0.39, 0.29) is 22.0 Å². The van der Waals surface area contributed by atoms with Crippen molar-refractivity contribution < 1.29 is 14.7 Å². The van der Waals surface area contributed by atoms with Crippen molar-refractivity contribution in [3.05, 3.63) is 92.3 Å². The molecule has 8 heteroatoms. The smallest absolute Gasteiger partial charge is 0.287 e. The lowest BCUT2D eigenvalue weighted by Gasteiger charge is -2.09. The molecule has 1 heterocycles. The second kappa shape index (κ2) is 9.87. The van der Waals surface area contributed by atoms with E-state index in [1.807, 2.05) is 17.5 Å². The molecule has 0 unspecified atom stereocenters. The molecule has 0 radical (unpaired) electrons. The van der Waals surface area contributed by atoms with Crippen molar-refractivity contribution in [1.29, 1.82) is 0 Å². The first-order valence-electron chi connectivity index (χ1n) is 8.89. The second-order valence-electron chi connectivity index (χ2n) is 6.22. The van der Waals surface area contributed by atoms with E-state index in [9.17, 15) is 14.7 Å². The number of carbonyl (C=O) groups excluding carboxylic acids is 2. The summed E-state index contributed by atoms with van der Waals surface area (Å²) >= 11 is 7.49. The number of phenols is 1. The number of amides is 2. The van der Waals surface area contributed by atoms with Gasteiger partial charge in [-0.1, -0.05) is 41.9 Å². The van der Waals surface area contributed by atoms with Crippen LogP contribution in [0.3, 0.4) is 0 Å². The van der Waals surface area contributed by atoms with Crippen LogP contribution in [0.15, 0.2) is 70.8 Å². The molecule has 3 rings (SSSR count). The summed E-state index contributed by atoms with van der Waals surface area (Å²) in [6, 6.07) is 15.4. The van der Waals surface area contributed by atoms with Crippen LogP contribution in [0, 0.1) is 6.92 Å². The van der Waals surface area contributed by atoms with Crippen LogP contribution in [0.1, 0.15) is 26.4 Å². The molecule has 0 bridgehead atoms. The summed E-state index contributed by atoms with van der Waals surface area (Å²) in [6.45, 7) is 1.76. The molecule has 0 atom stereocenters. The number of nitrogens with one attached hydrogen (secondary N) is 2. The number of thiophene rings is 1. The fourth-order valence-electron chi connectivity index (χ4n) is 2.52. The van der Waals surface area contributed by atoms with Gasteiger partial charge in [-0.2, -0.15) is 5.10 Å². The van der Waals surface area contributed by atoms with E-state index < -0.39 is 11.8 Å². The highest BCUT2D eigenvalue weighted by Crippen LogP contribution is 2.19. The molecule has 0 saturated carbocycles. The predicted octanol–water partition coefficient (Wildman–Crippen LogP) is 4.34. The molecule has 3 aromatic rings. The first-order valence-corrected chi connectivity index (χ1v) is 10.1. The van der Waals surface area contributed by atoms with Crippen LogP contribution in [-0.2, 0) is 4.79 Å². The van der Waals surface area contributed by atoms with Crippen LogP contribution < -0.4 is 10.7 Å². The molecule has 1 aromatic heterocycles. The average Bonchev–Trinajstić information content (AvgIpc) is 3.24. The SMILES string of the molecule is Cc1cccc(C=NNC(=O)/C(=C\c2cccs2)NC(=O)c2ccccc2Cl)c1O. The number of phenolic OH excluding ortho intramolecular Hbond substituents is 1. The average molecular weight is 440 g/mol. The van der Waals surface area contributed by atoms with Crippen molar-refractivity contribution in [3.63, 3.8) is 0 Å². The van der Waals surface area contributed by atoms with Crippen molar-refractivity contribution >= 4 is 47.0 Å². The largest absolute Gasteiger partial charge is 0.507 e. The molecule has 152 valence electrons. The molecule has 0 spiro atoms. The van der Waals surface area contributed by atoms with E-state index in [2.05, 4.69) is 15.8 Å². The number of nitrogens with zero attached hydrogens (tertiary/aromatic N) is 1. The van der Waals surface area contributed by atoms with Crippen molar-refractivity contribution in [2.24, 2.45) is 5.10 Å². The van der Waals surface area contributed by atoms with Gasteiger partial charge in [0.15, 0.2) is 0 Å². The zero-order valence-corrected chi connectivity index (χ0v) is 17.5. The Hall–Kier alpha value is -3.42. The number of aromatic hydroxyl groups is 1. The van der Waals surface area contributed by atoms with Crippen LogP contribution in [0.4, 0.5) is 0 Å². The summed E-state index contributed by atoms with van der Waals surface area (Å²) in [7, 11) is 0. The quantitative estimate of drug-likeness (QED) is 0.303. The third-order valence-corrected chi connectivity index (χ3v) is 5.23. The summed E-state index contributed by atoms with van der Waals surface area (Å²) in [5.41, 5.74) is 3.77. The van der Waals surface area contributed by atoms with Gasteiger partial charge in [0.25, 0.3) is 11.8 Å². The number of aryl methyl sites for hydroxylation is 1. The molecule has 0 saturated heterocycles. The molecule has 0 aliphatic rings. The zero-order chi connectivity index (χ0) is 21.5. The van der Waals surface area contributed by atoms with Gasteiger partial charge in [0, 0.05) is 10.4 Å². The minimum Gasteiger partial charge on any atom is -0.507 e. The normalized spacial score (nSPS) is 11.5. The van der Waals surface area contributed by atoms with Gasteiger partial charge < -0.3 is 10.4 Å². The Labute approximate surface area is 182 Å². The van der Waals surface area contributed by atoms with E-state index in [4.69, 9.17) is 11.6 Å². The Bertz CT molecular complexity index is 1120. The van der Waals surface area contributed by atoms with Crippen LogP contribution in [0.2, 0.25) is 5.02 Å². The molecule has 2 aromatic carbocycles. The van der Waals surface area contributed by atoms with Gasteiger partial charge in [0.1, 0.15) is 11.4 Å². The Morgan fingerprint density at radius 1 is 1.10 bits per heavy atom. The molecule has 6 nitrogen and oxygen atoms in total. The Morgan fingerprint density at radius 2 is 1.90 bits per heavy atom. The Kier molecular flexibility index (Phi) is 7.00. The standard InChI is InChI=1S/C22H18ClN3O3S/c1-14-6-4-7-15(20(14)27)13-24-26-22(29)19(12-16-8-5-11-30-16)25-21(28)17-9-2-3-10-18(17)23/h2-13,27H,1H3,(H,25,28)(H,26,29)/b19-12+,24-13?. The molecular weight excluding hydrogens is 422 g/mol. The number of carbonyl (C=O) groups is 2. The second-order valence-corrected chi connectivity index (χ2v) is 7.61. The first kappa shape index (κ1) is 21.3. The number of benzene rings is 2. The van der Waals surface area contributed by atoms with Crippen molar-refractivity contribution in [2.75, 3.05) is 0 Å². The van der Waals surface area contributed by atoms with Crippen molar-refractivity contribution in [3.8, 4) is 5.75 Å². The maximum Gasteiger partial charge on any atom is 0.287 e. The van der Waals surface area contributed by atoms with Crippen LogP contribution >= 0.6 is 22.9 Å². The van der Waals surface area contributed by atoms with E-state index in [0.29, 0.717) is 11.1 Å². The first-order chi connectivity index (χ1) is 14.5. The molecular formula is C22H18ClN3O3S. The Morgan fingerprint density at radius 3 is 2.63 bits per heavy atom. The van der Waals surface area contributed by atoms with Gasteiger partial charge in [-0.25, -0.2) is 5.43 Å². The minimum absolute atomic E-state index is 0.00739. The zero-order valence-electron chi connectivity index (χ0n) is 15.9. The number of halogens is 1. The molecule has 30 heavy (non-hydrogen) atoms. The maximum atomic E-state index is 12.7. The van der Waals surface area contributed by atoms with Crippen LogP contribution in [0.25, 0.3) is 6.08 Å². The lowest BCUT2D eigenvalue weighted by molar-refractivity contribution is -0.117. The van der Waals surface area contributed by atoms with E-state index in [1.54, 1.807) is 55.5 Å². The highest BCUT2D eigenvalue weighted by atomic mass is 35.5. The van der Waals surface area contributed by atoms with Crippen molar-refractivity contribution in [1.82, 2.24) is 10.7 Å². The lowest BCUT2D eigenvalue weighted by Crippen LogP contribution is -2.33. The monoisotopic (exact) mass is 439 g/mol. The number of rotatable bonds is 6. The lowest BCUT2D eigenvalue weighted by atomic mass is 10.1. The van der Waals surface area contributed by atoms with Gasteiger partial charge >= 0.3 is 0 Å². The van der Waals surface area contributed by atoms with E-state index >= 15 is 0 Å². The highest BCUT2D eigenvalue weighted by Gasteiger charge is 2.16. The van der Waals surface area contributed by atoms with Gasteiger partial charge in [0.05, 0.1) is 16.8 Å². The third-order valence-electron chi connectivity index (χ3n) is 4.08.